The Morgan fingerprint density at radius 1 is 1.33 bits per heavy atom. The minimum Gasteiger partial charge on any atom is -0.345 e. The van der Waals surface area contributed by atoms with Gasteiger partial charge in [0.05, 0.1) is 6.04 Å². The Labute approximate surface area is 122 Å². The summed E-state index contributed by atoms with van der Waals surface area (Å²) in [7, 11) is 0. The Hall–Kier alpha value is -2.44. The fourth-order valence-corrected chi connectivity index (χ4v) is 2.06. The van der Waals surface area contributed by atoms with Crippen LogP contribution in [-0.4, -0.2) is 25.2 Å². The highest BCUT2D eigenvalue weighted by Crippen LogP contribution is 2.13. The second-order valence-corrected chi connectivity index (χ2v) is 5.15. The van der Waals surface area contributed by atoms with Crippen molar-refractivity contribution in [3.8, 4) is 0 Å². The monoisotopic (exact) mass is 289 g/mol. The predicted molar refractivity (Wildman–Crippen MR) is 77.7 cm³/mol. The van der Waals surface area contributed by atoms with E-state index in [1.165, 1.54) is 10.6 Å². The van der Waals surface area contributed by atoms with Crippen molar-refractivity contribution >= 4 is 5.91 Å². The van der Waals surface area contributed by atoms with Crippen molar-refractivity contribution in [1.82, 2.24) is 24.6 Å². The minimum atomic E-state index is -0.276. The maximum Gasteiger partial charge on any atom is 0.250 e. The second kappa shape index (κ2) is 6.34. The third kappa shape index (κ3) is 3.56. The van der Waals surface area contributed by atoms with Gasteiger partial charge in [-0.05, 0) is 26.8 Å². The van der Waals surface area contributed by atoms with Gasteiger partial charge in [-0.3, -0.25) is 9.59 Å². The number of carbonyl (C=O) groups excluding carboxylic acids is 1. The van der Waals surface area contributed by atoms with E-state index in [0.29, 0.717) is 5.82 Å². The summed E-state index contributed by atoms with van der Waals surface area (Å²) in [5, 5.41) is 10.8. The molecule has 21 heavy (non-hydrogen) atoms. The van der Waals surface area contributed by atoms with Crippen LogP contribution in [0.3, 0.4) is 0 Å². The number of hydrogen-bond acceptors (Lipinski definition) is 4. The van der Waals surface area contributed by atoms with Crippen LogP contribution in [0.2, 0.25) is 0 Å². The molecule has 1 atom stereocenters. The Bertz CT molecular complexity index is 674. The minimum absolute atomic E-state index is 0.0141. The molecule has 0 aliphatic heterocycles. The highest BCUT2D eigenvalue weighted by Gasteiger charge is 2.17. The molecule has 2 aromatic heterocycles. The third-order valence-electron chi connectivity index (χ3n) is 3.13. The van der Waals surface area contributed by atoms with Crippen LogP contribution < -0.4 is 10.9 Å². The van der Waals surface area contributed by atoms with Gasteiger partial charge in [0, 0.05) is 18.3 Å². The van der Waals surface area contributed by atoms with E-state index in [1.807, 2.05) is 25.3 Å². The van der Waals surface area contributed by atoms with E-state index < -0.39 is 0 Å². The molecule has 112 valence electrons. The van der Waals surface area contributed by atoms with E-state index >= 15 is 0 Å². The Morgan fingerprint density at radius 2 is 2.10 bits per heavy atom. The zero-order chi connectivity index (χ0) is 15.4. The van der Waals surface area contributed by atoms with Crippen molar-refractivity contribution < 1.29 is 4.79 Å². The molecule has 0 saturated heterocycles. The maximum absolute atomic E-state index is 12.0. The fourth-order valence-electron chi connectivity index (χ4n) is 2.06. The molecular formula is C14H19N5O2. The van der Waals surface area contributed by atoms with Crippen LogP contribution in [0.4, 0.5) is 0 Å². The summed E-state index contributed by atoms with van der Waals surface area (Å²) in [6.45, 7) is 5.87. The summed E-state index contributed by atoms with van der Waals surface area (Å²) in [6.07, 6.45) is 3.23. The smallest absolute Gasteiger partial charge is 0.250 e. The summed E-state index contributed by atoms with van der Waals surface area (Å²) >= 11 is 0. The van der Waals surface area contributed by atoms with E-state index in [0.717, 1.165) is 0 Å². The molecule has 2 aromatic rings. The number of pyridine rings is 1. The van der Waals surface area contributed by atoms with Crippen LogP contribution in [-0.2, 0) is 11.3 Å². The van der Waals surface area contributed by atoms with E-state index in [1.54, 1.807) is 24.7 Å². The number of carbonyl (C=O) groups is 1. The zero-order valence-corrected chi connectivity index (χ0v) is 12.4. The van der Waals surface area contributed by atoms with Gasteiger partial charge in [-0.1, -0.05) is 6.07 Å². The molecule has 1 unspecified atom stereocenters. The van der Waals surface area contributed by atoms with Gasteiger partial charge < -0.3 is 14.5 Å². The van der Waals surface area contributed by atoms with Crippen LogP contribution in [0.25, 0.3) is 0 Å². The number of nitrogens with one attached hydrogen (secondary N) is 1. The van der Waals surface area contributed by atoms with Crippen LogP contribution in [0.1, 0.15) is 38.7 Å². The van der Waals surface area contributed by atoms with Crippen molar-refractivity contribution in [2.45, 2.75) is 39.4 Å². The fraction of sp³-hybridized carbons (Fsp3) is 0.429. The van der Waals surface area contributed by atoms with E-state index in [9.17, 15) is 9.59 Å². The molecule has 0 aromatic carbocycles. The summed E-state index contributed by atoms with van der Waals surface area (Å²) < 4.78 is 3.26. The van der Waals surface area contributed by atoms with Crippen LogP contribution in [0, 0.1) is 0 Å². The van der Waals surface area contributed by atoms with Crippen molar-refractivity contribution in [2.24, 2.45) is 0 Å². The lowest BCUT2D eigenvalue weighted by atomic mass is 10.2. The lowest BCUT2D eigenvalue weighted by Gasteiger charge is -2.17. The zero-order valence-electron chi connectivity index (χ0n) is 12.4. The van der Waals surface area contributed by atoms with Crippen LogP contribution in [0.5, 0.6) is 0 Å². The standard InChI is InChI=1S/C14H19N5O2/c1-10(2)19-9-15-17-14(19)11(3)16-12(20)8-18-7-5-4-6-13(18)21/h4-7,9-11H,8H2,1-3H3,(H,16,20). The first-order valence-corrected chi connectivity index (χ1v) is 6.83. The van der Waals surface area contributed by atoms with Crippen molar-refractivity contribution in [1.29, 1.82) is 0 Å². The first kappa shape index (κ1) is 15.0. The number of rotatable bonds is 5. The molecule has 7 nitrogen and oxygen atoms in total. The molecule has 0 fully saturated rings. The van der Waals surface area contributed by atoms with Gasteiger partial charge in [0.1, 0.15) is 12.9 Å². The number of aromatic nitrogens is 4. The van der Waals surface area contributed by atoms with E-state index in [-0.39, 0.29) is 30.1 Å². The van der Waals surface area contributed by atoms with Crippen LogP contribution in [0.15, 0.2) is 35.5 Å². The molecular weight excluding hydrogens is 270 g/mol. The van der Waals surface area contributed by atoms with Crippen molar-refractivity contribution in [3.63, 3.8) is 0 Å². The molecule has 7 heteroatoms. The van der Waals surface area contributed by atoms with Gasteiger partial charge in [-0.15, -0.1) is 10.2 Å². The average Bonchev–Trinajstić information content (AvgIpc) is 2.91. The molecule has 0 aliphatic carbocycles. The quantitative estimate of drug-likeness (QED) is 0.886. The molecule has 0 aliphatic rings. The summed E-state index contributed by atoms with van der Waals surface area (Å²) in [5.74, 6) is 0.452. The molecule has 1 amide bonds. The molecule has 2 rings (SSSR count). The first-order chi connectivity index (χ1) is 9.99. The van der Waals surface area contributed by atoms with E-state index in [2.05, 4.69) is 15.5 Å². The normalized spacial score (nSPS) is 12.4. The summed E-state index contributed by atoms with van der Waals surface area (Å²) in [6, 6.07) is 4.72. The van der Waals surface area contributed by atoms with Crippen LogP contribution >= 0.6 is 0 Å². The molecule has 0 saturated carbocycles. The summed E-state index contributed by atoms with van der Waals surface area (Å²) in [5.41, 5.74) is -0.203. The first-order valence-electron chi connectivity index (χ1n) is 6.83. The SMILES string of the molecule is CC(NC(=O)Cn1ccccc1=O)c1nncn1C(C)C. The molecule has 0 spiro atoms. The largest absolute Gasteiger partial charge is 0.345 e. The molecule has 2 heterocycles. The van der Waals surface area contributed by atoms with Crippen molar-refractivity contribution in [3.05, 3.63) is 46.9 Å². The summed E-state index contributed by atoms with van der Waals surface area (Å²) in [4.78, 5) is 23.6. The van der Waals surface area contributed by atoms with Gasteiger partial charge in [0.2, 0.25) is 5.91 Å². The highest BCUT2D eigenvalue weighted by molar-refractivity contribution is 5.76. The highest BCUT2D eigenvalue weighted by atomic mass is 16.2. The maximum atomic E-state index is 12.0. The molecule has 1 N–H and O–H groups in total. The van der Waals surface area contributed by atoms with E-state index in [4.69, 9.17) is 0 Å². The number of nitrogens with zero attached hydrogens (tertiary/aromatic N) is 4. The molecule has 0 radical (unpaired) electrons. The lowest BCUT2D eigenvalue weighted by molar-refractivity contribution is -0.122. The lowest BCUT2D eigenvalue weighted by Crippen LogP contribution is -2.34. The second-order valence-electron chi connectivity index (χ2n) is 5.15. The van der Waals surface area contributed by atoms with Gasteiger partial charge >= 0.3 is 0 Å². The number of hydrogen-bond donors (Lipinski definition) is 1. The van der Waals surface area contributed by atoms with Gasteiger partial charge in [0.15, 0.2) is 5.82 Å². The number of amides is 1. The van der Waals surface area contributed by atoms with Gasteiger partial charge in [-0.2, -0.15) is 0 Å². The molecule has 0 bridgehead atoms. The van der Waals surface area contributed by atoms with Gasteiger partial charge in [-0.25, -0.2) is 0 Å². The Morgan fingerprint density at radius 3 is 2.76 bits per heavy atom. The Balaban J connectivity index is 2.04. The van der Waals surface area contributed by atoms with Crippen molar-refractivity contribution in [2.75, 3.05) is 0 Å². The van der Waals surface area contributed by atoms with Gasteiger partial charge in [0.25, 0.3) is 5.56 Å². The Kier molecular flexibility index (Phi) is 4.52. The third-order valence-corrected chi connectivity index (χ3v) is 3.13. The topological polar surface area (TPSA) is 81.8 Å². The predicted octanol–water partition coefficient (Wildman–Crippen LogP) is 0.898. The average molecular weight is 289 g/mol.